The second-order valence-corrected chi connectivity index (χ2v) is 9.85. The summed E-state index contributed by atoms with van der Waals surface area (Å²) in [4.78, 5) is 10.7. The van der Waals surface area contributed by atoms with Gasteiger partial charge in [-0.05, 0) is 24.3 Å². The lowest BCUT2D eigenvalue weighted by molar-refractivity contribution is 0.0698. The first-order valence-corrected chi connectivity index (χ1v) is 10.3. The first-order chi connectivity index (χ1) is 9.65. The maximum atomic E-state index is 12.6. The van der Waals surface area contributed by atoms with E-state index in [2.05, 4.69) is 0 Å². The van der Waals surface area contributed by atoms with E-state index in [1.54, 1.807) is 0 Å². The first kappa shape index (κ1) is 16.4. The van der Waals surface area contributed by atoms with Crippen LogP contribution in [0.3, 0.4) is 0 Å². The molecule has 118 valence electrons. The van der Waals surface area contributed by atoms with Gasteiger partial charge in [0.2, 0.25) is 10.0 Å². The Hall–Kier alpha value is -0.970. The quantitative estimate of drug-likeness (QED) is 0.851. The van der Waals surface area contributed by atoms with Crippen molar-refractivity contribution in [1.29, 1.82) is 0 Å². The number of aryl methyl sites for hydroxylation is 1. The molecular formula is C11H15NO6S3. The minimum atomic E-state index is -4.00. The van der Waals surface area contributed by atoms with Crippen molar-refractivity contribution < 1.29 is 26.7 Å². The second-order valence-electron chi connectivity index (χ2n) is 4.79. The first-order valence-electron chi connectivity index (χ1n) is 6.17. The summed E-state index contributed by atoms with van der Waals surface area (Å²) in [5, 5.41) is 10.6. The van der Waals surface area contributed by atoms with Gasteiger partial charge in [-0.15, -0.1) is 11.3 Å². The van der Waals surface area contributed by atoms with Crippen LogP contribution in [0.25, 0.3) is 0 Å². The zero-order chi connectivity index (χ0) is 15.8. The molecule has 1 N–H and O–H groups in total. The minimum absolute atomic E-state index is 0.0482. The topological polar surface area (TPSA) is 109 Å². The lowest BCUT2D eigenvalue weighted by Crippen LogP contribution is -2.34. The van der Waals surface area contributed by atoms with Crippen LogP contribution >= 0.6 is 11.3 Å². The summed E-state index contributed by atoms with van der Waals surface area (Å²) >= 11 is 0.857. The molecule has 1 saturated heterocycles. The van der Waals surface area contributed by atoms with E-state index >= 15 is 0 Å². The molecule has 1 aliphatic heterocycles. The van der Waals surface area contributed by atoms with E-state index < -0.39 is 25.8 Å². The highest BCUT2D eigenvalue weighted by Crippen LogP contribution is 2.30. The number of nitrogens with zero attached hydrogens (tertiary/aromatic N) is 1. The third-order valence-corrected chi connectivity index (χ3v) is 8.24. The van der Waals surface area contributed by atoms with Gasteiger partial charge in [-0.25, -0.2) is 21.6 Å². The van der Waals surface area contributed by atoms with Crippen LogP contribution in [-0.4, -0.2) is 56.8 Å². The predicted molar refractivity (Wildman–Crippen MR) is 78.0 cm³/mol. The molecule has 10 heteroatoms. The SMILES string of the molecule is Cc1csc(C(=O)O)c1S(=O)(=O)N1CCCS(=O)(=O)CC1. The van der Waals surface area contributed by atoms with Crippen molar-refractivity contribution in [2.75, 3.05) is 24.6 Å². The fraction of sp³-hybridized carbons (Fsp3) is 0.545. The monoisotopic (exact) mass is 353 g/mol. The number of sulfone groups is 1. The molecule has 1 aromatic heterocycles. The molecule has 2 heterocycles. The fourth-order valence-electron chi connectivity index (χ4n) is 2.19. The smallest absolute Gasteiger partial charge is 0.347 e. The Bertz CT molecular complexity index is 762. The van der Waals surface area contributed by atoms with Gasteiger partial charge in [0.1, 0.15) is 9.77 Å². The lowest BCUT2D eigenvalue weighted by atomic mass is 10.3. The van der Waals surface area contributed by atoms with E-state index in [1.165, 1.54) is 12.3 Å². The largest absolute Gasteiger partial charge is 0.477 e. The minimum Gasteiger partial charge on any atom is -0.477 e. The molecule has 21 heavy (non-hydrogen) atoms. The van der Waals surface area contributed by atoms with Gasteiger partial charge in [0.05, 0.1) is 11.5 Å². The van der Waals surface area contributed by atoms with Crippen LogP contribution in [0.4, 0.5) is 0 Å². The molecule has 0 spiro atoms. The van der Waals surface area contributed by atoms with Gasteiger partial charge in [-0.2, -0.15) is 4.31 Å². The average Bonchev–Trinajstić information content (AvgIpc) is 2.65. The average molecular weight is 353 g/mol. The van der Waals surface area contributed by atoms with Crippen molar-refractivity contribution in [1.82, 2.24) is 4.31 Å². The zero-order valence-corrected chi connectivity index (χ0v) is 13.7. The number of hydrogen-bond donors (Lipinski definition) is 1. The number of aromatic carboxylic acids is 1. The molecule has 0 bridgehead atoms. The summed E-state index contributed by atoms with van der Waals surface area (Å²) in [6, 6.07) is 0. The second kappa shape index (κ2) is 5.67. The van der Waals surface area contributed by atoms with E-state index in [4.69, 9.17) is 5.11 Å². The van der Waals surface area contributed by atoms with Gasteiger partial charge >= 0.3 is 5.97 Å². The third kappa shape index (κ3) is 3.28. The highest BCUT2D eigenvalue weighted by atomic mass is 32.2. The fourth-order valence-corrected chi connectivity index (χ4v) is 6.64. The number of thiophene rings is 1. The van der Waals surface area contributed by atoms with Crippen LogP contribution in [0.1, 0.15) is 21.7 Å². The Morgan fingerprint density at radius 2 is 2.00 bits per heavy atom. The van der Waals surface area contributed by atoms with Gasteiger partial charge in [0.15, 0.2) is 9.84 Å². The molecule has 0 unspecified atom stereocenters. The van der Waals surface area contributed by atoms with Crippen molar-refractivity contribution >= 4 is 37.2 Å². The molecular weight excluding hydrogens is 338 g/mol. The van der Waals surface area contributed by atoms with Gasteiger partial charge in [0, 0.05) is 13.1 Å². The standard InChI is InChI=1S/C11H15NO6S3/c1-8-7-19-9(11(13)14)10(8)21(17,18)12-3-2-5-20(15,16)6-4-12/h7H,2-6H2,1H3,(H,13,14). The van der Waals surface area contributed by atoms with Crippen LogP contribution in [0.2, 0.25) is 0 Å². The van der Waals surface area contributed by atoms with Crippen LogP contribution < -0.4 is 0 Å². The summed E-state index contributed by atoms with van der Waals surface area (Å²) in [5.41, 5.74) is 0.365. The number of carboxylic acids is 1. The number of rotatable bonds is 3. The molecule has 7 nitrogen and oxygen atoms in total. The maximum Gasteiger partial charge on any atom is 0.347 e. The Morgan fingerprint density at radius 1 is 1.33 bits per heavy atom. The molecule has 0 atom stereocenters. The van der Waals surface area contributed by atoms with E-state index in [1.807, 2.05) is 0 Å². The summed E-state index contributed by atoms with van der Waals surface area (Å²) in [6.45, 7) is 1.47. The Balaban J connectivity index is 2.43. The Kier molecular flexibility index (Phi) is 4.43. The number of carboxylic acid groups (broad SMARTS) is 1. The lowest BCUT2D eigenvalue weighted by Gasteiger charge is -2.19. The number of carbonyl (C=O) groups is 1. The summed E-state index contributed by atoms with van der Waals surface area (Å²) in [6.07, 6.45) is 0.215. The molecule has 0 radical (unpaired) electrons. The van der Waals surface area contributed by atoms with Crippen LogP contribution in [-0.2, 0) is 19.9 Å². The number of sulfonamides is 1. The van der Waals surface area contributed by atoms with Crippen molar-refractivity contribution in [3.8, 4) is 0 Å². The van der Waals surface area contributed by atoms with E-state index in [-0.39, 0.29) is 40.8 Å². The van der Waals surface area contributed by atoms with Gasteiger partial charge in [-0.1, -0.05) is 0 Å². The van der Waals surface area contributed by atoms with Crippen molar-refractivity contribution in [2.24, 2.45) is 0 Å². The maximum absolute atomic E-state index is 12.6. The van der Waals surface area contributed by atoms with Crippen LogP contribution in [0.15, 0.2) is 10.3 Å². The molecule has 0 aromatic carbocycles. The van der Waals surface area contributed by atoms with Crippen molar-refractivity contribution in [3.05, 3.63) is 15.8 Å². The van der Waals surface area contributed by atoms with Gasteiger partial charge in [-0.3, -0.25) is 0 Å². The van der Waals surface area contributed by atoms with Gasteiger partial charge < -0.3 is 5.11 Å². The molecule has 1 fully saturated rings. The Labute approximate surface area is 127 Å². The summed E-state index contributed by atoms with van der Waals surface area (Å²) in [5.74, 6) is -1.58. The highest BCUT2D eigenvalue weighted by Gasteiger charge is 2.34. The van der Waals surface area contributed by atoms with E-state index in [0.29, 0.717) is 5.56 Å². The van der Waals surface area contributed by atoms with Crippen molar-refractivity contribution in [2.45, 2.75) is 18.2 Å². The summed E-state index contributed by atoms with van der Waals surface area (Å²) in [7, 11) is -7.24. The van der Waals surface area contributed by atoms with E-state index in [0.717, 1.165) is 15.6 Å². The highest BCUT2D eigenvalue weighted by molar-refractivity contribution is 7.91. The van der Waals surface area contributed by atoms with E-state index in [9.17, 15) is 21.6 Å². The summed E-state index contributed by atoms with van der Waals surface area (Å²) < 4.78 is 49.5. The molecule has 0 saturated carbocycles. The Morgan fingerprint density at radius 3 is 2.62 bits per heavy atom. The molecule has 0 aliphatic carbocycles. The normalized spacial score (nSPS) is 20.0. The molecule has 2 rings (SSSR count). The van der Waals surface area contributed by atoms with Crippen LogP contribution in [0.5, 0.6) is 0 Å². The van der Waals surface area contributed by atoms with Crippen molar-refractivity contribution in [3.63, 3.8) is 0 Å². The van der Waals surface area contributed by atoms with Crippen LogP contribution in [0, 0.1) is 6.92 Å². The zero-order valence-electron chi connectivity index (χ0n) is 11.3. The van der Waals surface area contributed by atoms with Gasteiger partial charge in [0.25, 0.3) is 0 Å². The number of hydrogen-bond acceptors (Lipinski definition) is 6. The molecule has 1 aliphatic rings. The predicted octanol–water partition coefficient (Wildman–Crippen LogP) is 0.564. The molecule has 1 aromatic rings. The molecule has 0 amide bonds. The third-order valence-electron chi connectivity index (χ3n) is 3.22.